The van der Waals surface area contributed by atoms with Gasteiger partial charge in [0.05, 0.1) is 6.10 Å². The molecule has 154 valence electrons. The normalized spacial score (nSPS) is 22.7. The molecule has 0 aromatic heterocycles. The van der Waals surface area contributed by atoms with Crippen molar-refractivity contribution in [1.82, 2.24) is 15.1 Å². The number of amides is 4. The van der Waals surface area contributed by atoms with Crippen LogP contribution in [0.5, 0.6) is 0 Å². The lowest BCUT2D eigenvalue weighted by molar-refractivity contribution is -0.141. The third-order valence-electron chi connectivity index (χ3n) is 5.74. The summed E-state index contributed by atoms with van der Waals surface area (Å²) in [5.74, 6) is -0.391. The van der Waals surface area contributed by atoms with Crippen molar-refractivity contribution in [3.63, 3.8) is 0 Å². The summed E-state index contributed by atoms with van der Waals surface area (Å²) in [6.07, 6.45) is 6.87. The first kappa shape index (κ1) is 21.9. The van der Waals surface area contributed by atoms with Crippen molar-refractivity contribution < 1.29 is 19.1 Å². The zero-order chi connectivity index (χ0) is 18.6. The van der Waals surface area contributed by atoms with Crippen LogP contribution in [0.4, 0.5) is 4.79 Å². The van der Waals surface area contributed by atoms with E-state index in [-0.39, 0.29) is 36.9 Å². The minimum atomic E-state index is -0.764. The van der Waals surface area contributed by atoms with E-state index in [0.29, 0.717) is 39.1 Å². The molecule has 0 aromatic carbocycles. The second-order valence-electron chi connectivity index (χ2n) is 7.56. The molecule has 2 heterocycles. The quantitative estimate of drug-likeness (QED) is 0.509. The summed E-state index contributed by atoms with van der Waals surface area (Å²) in [7, 11) is 0. The molecular weight excluding hydrogens is 372 g/mol. The van der Waals surface area contributed by atoms with E-state index in [0.717, 1.165) is 43.4 Å². The van der Waals surface area contributed by atoms with Gasteiger partial charge in [0.25, 0.3) is 5.91 Å². The Bertz CT molecular complexity index is 545. The van der Waals surface area contributed by atoms with Crippen LogP contribution in [0.25, 0.3) is 0 Å². The Hall–Kier alpha value is -1.38. The van der Waals surface area contributed by atoms with Crippen LogP contribution in [-0.4, -0.2) is 72.1 Å². The molecule has 0 unspecified atom stereocenters. The van der Waals surface area contributed by atoms with Crippen LogP contribution in [-0.2, 0) is 14.3 Å². The Balaban J connectivity index is 0.00000261. The Morgan fingerprint density at radius 3 is 2.48 bits per heavy atom. The Morgan fingerprint density at radius 1 is 1.19 bits per heavy atom. The fourth-order valence-electron chi connectivity index (χ4n) is 4.15. The van der Waals surface area contributed by atoms with E-state index in [9.17, 15) is 14.4 Å². The maximum atomic E-state index is 12.8. The third-order valence-corrected chi connectivity index (χ3v) is 5.74. The number of halogens is 1. The van der Waals surface area contributed by atoms with Gasteiger partial charge in [-0.15, -0.1) is 12.4 Å². The van der Waals surface area contributed by atoms with Gasteiger partial charge in [0, 0.05) is 19.7 Å². The number of nitrogens with two attached hydrogens (primary N) is 1. The van der Waals surface area contributed by atoms with Crippen molar-refractivity contribution in [3.8, 4) is 0 Å². The van der Waals surface area contributed by atoms with Crippen LogP contribution < -0.4 is 11.1 Å². The lowest BCUT2D eigenvalue weighted by Crippen LogP contribution is -2.50. The van der Waals surface area contributed by atoms with Gasteiger partial charge in [-0.25, -0.2) is 4.79 Å². The molecule has 1 spiro atoms. The number of likely N-dealkylation sites (tertiary alicyclic amines) is 1. The van der Waals surface area contributed by atoms with E-state index in [2.05, 4.69) is 5.32 Å². The topological polar surface area (TPSA) is 105 Å². The Morgan fingerprint density at radius 2 is 1.85 bits per heavy atom. The molecular formula is C18H31ClN4O4. The maximum absolute atomic E-state index is 12.8. The summed E-state index contributed by atoms with van der Waals surface area (Å²) < 4.78 is 5.75. The Kier molecular flexibility index (Phi) is 7.88. The second kappa shape index (κ2) is 9.71. The first-order valence-electron chi connectivity index (χ1n) is 9.79. The van der Waals surface area contributed by atoms with Gasteiger partial charge in [0.2, 0.25) is 5.91 Å². The van der Waals surface area contributed by atoms with Gasteiger partial charge < -0.3 is 20.7 Å². The minimum absolute atomic E-state index is 0. The van der Waals surface area contributed by atoms with Crippen molar-refractivity contribution in [3.05, 3.63) is 0 Å². The number of imide groups is 1. The molecule has 8 nitrogen and oxygen atoms in total. The zero-order valence-corrected chi connectivity index (χ0v) is 16.6. The zero-order valence-electron chi connectivity index (χ0n) is 15.8. The van der Waals surface area contributed by atoms with Crippen molar-refractivity contribution >= 4 is 30.3 Å². The number of rotatable bonds is 6. The molecule has 4 amide bonds. The highest BCUT2D eigenvalue weighted by molar-refractivity contribution is 6.09. The molecule has 2 aliphatic heterocycles. The number of nitrogens with zero attached hydrogens (tertiary/aromatic N) is 2. The number of carbonyl (C=O) groups excluding carboxylic acids is 3. The van der Waals surface area contributed by atoms with E-state index in [1.807, 2.05) is 0 Å². The van der Waals surface area contributed by atoms with E-state index < -0.39 is 11.6 Å². The second-order valence-corrected chi connectivity index (χ2v) is 7.56. The van der Waals surface area contributed by atoms with Crippen LogP contribution in [0.3, 0.4) is 0 Å². The largest absolute Gasteiger partial charge is 0.378 e. The van der Waals surface area contributed by atoms with Crippen molar-refractivity contribution in [2.24, 2.45) is 5.73 Å². The van der Waals surface area contributed by atoms with E-state index >= 15 is 0 Å². The molecule has 9 heteroatoms. The molecule has 1 aliphatic carbocycles. The molecule has 2 saturated heterocycles. The average Bonchev–Trinajstić information content (AvgIpc) is 2.87. The molecule has 3 N–H and O–H groups in total. The predicted molar refractivity (Wildman–Crippen MR) is 103 cm³/mol. The summed E-state index contributed by atoms with van der Waals surface area (Å²) in [5, 5.41) is 2.85. The van der Waals surface area contributed by atoms with Gasteiger partial charge in [-0.2, -0.15) is 0 Å². The summed E-state index contributed by atoms with van der Waals surface area (Å²) >= 11 is 0. The summed E-state index contributed by atoms with van der Waals surface area (Å²) in [6, 6.07) is -0.426. The van der Waals surface area contributed by atoms with Gasteiger partial charge in [0.15, 0.2) is 0 Å². The molecule has 0 bridgehead atoms. The number of urea groups is 1. The number of hydrogen-bond acceptors (Lipinski definition) is 5. The lowest BCUT2D eigenvalue weighted by Gasteiger charge is -2.33. The van der Waals surface area contributed by atoms with Crippen molar-refractivity contribution in [1.29, 1.82) is 0 Å². The number of piperidine rings is 1. The standard InChI is InChI=1S/C18H30N4O4.ClH/c19-9-4-12-26-14-5-10-21(11-6-14)15(23)13-22-16(24)18(20-17(22)25)7-2-1-3-8-18;/h14H,1-13,19H2,(H,20,25);1H. The number of ether oxygens (including phenoxy) is 1. The molecule has 3 aliphatic rings. The van der Waals surface area contributed by atoms with E-state index in [4.69, 9.17) is 10.5 Å². The molecule has 1 saturated carbocycles. The molecule has 0 radical (unpaired) electrons. The molecule has 27 heavy (non-hydrogen) atoms. The van der Waals surface area contributed by atoms with Crippen molar-refractivity contribution in [2.75, 3.05) is 32.8 Å². The first-order chi connectivity index (χ1) is 12.6. The van der Waals surface area contributed by atoms with Gasteiger partial charge in [-0.05, 0) is 38.6 Å². The fraction of sp³-hybridized carbons (Fsp3) is 0.833. The van der Waals surface area contributed by atoms with Gasteiger partial charge >= 0.3 is 6.03 Å². The van der Waals surface area contributed by atoms with Gasteiger partial charge in [-0.1, -0.05) is 19.3 Å². The SMILES string of the molecule is Cl.NCCCOC1CCN(C(=O)CN2C(=O)NC3(CCCCC3)C2=O)CC1. The summed E-state index contributed by atoms with van der Waals surface area (Å²) in [6.45, 7) is 2.30. The van der Waals surface area contributed by atoms with E-state index in [1.54, 1.807) is 4.90 Å². The van der Waals surface area contributed by atoms with Crippen LogP contribution in [0.1, 0.15) is 51.4 Å². The Labute approximate surface area is 166 Å². The van der Waals surface area contributed by atoms with Crippen LogP contribution in [0.2, 0.25) is 0 Å². The smallest absolute Gasteiger partial charge is 0.325 e. The number of carbonyl (C=O) groups is 3. The van der Waals surface area contributed by atoms with Crippen LogP contribution >= 0.6 is 12.4 Å². The number of hydrogen-bond donors (Lipinski definition) is 2. The van der Waals surface area contributed by atoms with Crippen molar-refractivity contribution in [2.45, 2.75) is 63.0 Å². The van der Waals surface area contributed by atoms with Gasteiger partial charge in [-0.3, -0.25) is 14.5 Å². The molecule has 3 rings (SSSR count). The monoisotopic (exact) mass is 402 g/mol. The predicted octanol–water partition coefficient (Wildman–Crippen LogP) is 1.02. The minimum Gasteiger partial charge on any atom is -0.378 e. The molecule has 0 aromatic rings. The molecule has 0 atom stereocenters. The van der Waals surface area contributed by atoms with E-state index in [1.165, 1.54) is 0 Å². The lowest BCUT2D eigenvalue weighted by atomic mass is 9.82. The molecule has 3 fully saturated rings. The summed E-state index contributed by atoms with van der Waals surface area (Å²) in [4.78, 5) is 40.4. The third kappa shape index (κ3) is 4.92. The average molecular weight is 403 g/mol. The summed E-state index contributed by atoms with van der Waals surface area (Å²) in [5.41, 5.74) is 4.70. The number of nitrogens with one attached hydrogen (secondary N) is 1. The van der Waals surface area contributed by atoms with Crippen LogP contribution in [0.15, 0.2) is 0 Å². The maximum Gasteiger partial charge on any atom is 0.325 e. The fourth-order valence-corrected chi connectivity index (χ4v) is 4.15. The highest BCUT2D eigenvalue weighted by Gasteiger charge is 2.51. The highest BCUT2D eigenvalue weighted by atomic mass is 35.5. The van der Waals surface area contributed by atoms with Gasteiger partial charge in [0.1, 0.15) is 12.1 Å². The highest BCUT2D eigenvalue weighted by Crippen LogP contribution is 2.33. The van der Waals surface area contributed by atoms with Crippen LogP contribution in [0, 0.1) is 0 Å². The first-order valence-corrected chi connectivity index (χ1v) is 9.79.